The summed E-state index contributed by atoms with van der Waals surface area (Å²) < 4.78 is 26.9. The minimum absolute atomic E-state index is 0.155. The molecule has 4 nitrogen and oxygen atoms in total. The van der Waals surface area contributed by atoms with E-state index in [9.17, 15) is 8.42 Å². The summed E-state index contributed by atoms with van der Waals surface area (Å²) in [6.45, 7) is 3.59. The van der Waals surface area contributed by atoms with Crippen molar-refractivity contribution in [2.24, 2.45) is 0 Å². The first-order valence-electron chi connectivity index (χ1n) is 5.93. The highest BCUT2D eigenvalue weighted by Gasteiger charge is 2.20. The second kappa shape index (κ2) is 6.38. The highest BCUT2D eigenvalue weighted by Crippen LogP contribution is 2.17. The van der Waals surface area contributed by atoms with Crippen molar-refractivity contribution in [2.45, 2.75) is 37.6 Å². The van der Waals surface area contributed by atoms with Gasteiger partial charge in [0.1, 0.15) is 0 Å². The van der Waals surface area contributed by atoms with E-state index in [0.29, 0.717) is 17.5 Å². The van der Waals surface area contributed by atoms with E-state index >= 15 is 0 Å². The number of benzene rings is 1. The standard InChI is InChI=1S/C14H16N2O2S/c1-4-6-13(5-2)16-19(17,18)14-8-7-12(10-15)9-11(14)3/h2,7-9,13,16H,4,6H2,1,3H3. The Morgan fingerprint density at radius 2 is 2.16 bits per heavy atom. The molecule has 0 heterocycles. The molecule has 19 heavy (non-hydrogen) atoms. The Morgan fingerprint density at radius 1 is 1.47 bits per heavy atom. The maximum atomic E-state index is 12.2. The van der Waals surface area contributed by atoms with E-state index < -0.39 is 16.1 Å². The number of aryl methyl sites for hydroxylation is 1. The monoisotopic (exact) mass is 276 g/mol. The zero-order chi connectivity index (χ0) is 14.5. The maximum absolute atomic E-state index is 12.2. The molecular weight excluding hydrogens is 260 g/mol. The largest absolute Gasteiger partial charge is 0.241 e. The van der Waals surface area contributed by atoms with Crippen molar-refractivity contribution < 1.29 is 8.42 Å². The molecule has 5 heteroatoms. The number of nitrogens with zero attached hydrogens (tertiary/aromatic N) is 1. The quantitative estimate of drug-likeness (QED) is 0.836. The third kappa shape index (κ3) is 3.82. The predicted molar refractivity (Wildman–Crippen MR) is 73.7 cm³/mol. The summed E-state index contributed by atoms with van der Waals surface area (Å²) in [4.78, 5) is 0.155. The fourth-order valence-corrected chi connectivity index (χ4v) is 3.15. The van der Waals surface area contributed by atoms with E-state index in [4.69, 9.17) is 11.7 Å². The molecule has 1 aromatic rings. The average Bonchev–Trinajstić information content (AvgIpc) is 2.37. The number of hydrogen-bond donors (Lipinski definition) is 1. The van der Waals surface area contributed by atoms with Crippen LogP contribution in [0.3, 0.4) is 0 Å². The van der Waals surface area contributed by atoms with E-state index in [2.05, 4.69) is 10.6 Å². The first kappa shape index (κ1) is 15.2. The van der Waals surface area contributed by atoms with Gasteiger partial charge in [-0.05, 0) is 37.1 Å². The van der Waals surface area contributed by atoms with Crippen molar-refractivity contribution in [3.8, 4) is 18.4 Å². The maximum Gasteiger partial charge on any atom is 0.241 e. The van der Waals surface area contributed by atoms with Crippen LogP contribution in [0.15, 0.2) is 23.1 Å². The van der Waals surface area contributed by atoms with Gasteiger partial charge < -0.3 is 0 Å². The second-order valence-electron chi connectivity index (χ2n) is 4.22. The van der Waals surface area contributed by atoms with Crippen LogP contribution < -0.4 is 4.72 Å². The first-order chi connectivity index (χ1) is 8.94. The van der Waals surface area contributed by atoms with Crippen LogP contribution in [-0.2, 0) is 10.0 Å². The van der Waals surface area contributed by atoms with E-state index in [-0.39, 0.29) is 4.90 Å². The van der Waals surface area contributed by atoms with Crippen LogP contribution in [0.5, 0.6) is 0 Å². The molecule has 0 saturated carbocycles. The fourth-order valence-electron chi connectivity index (χ4n) is 1.74. The van der Waals surface area contributed by atoms with E-state index in [1.54, 1.807) is 13.0 Å². The molecule has 1 rings (SSSR count). The summed E-state index contributed by atoms with van der Waals surface area (Å²) in [5.74, 6) is 2.43. The van der Waals surface area contributed by atoms with E-state index in [1.165, 1.54) is 12.1 Å². The highest BCUT2D eigenvalue weighted by molar-refractivity contribution is 7.89. The lowest BCUT2D eigenvalue weighted by Gasteiger charge is -2.14. The van der Waals surface area contributed by atoms with Crippen molar-refractivity contribution in [2.75, 3.05) is 0 Å². The molecular formula is C14H16N2O2S. The Balaban J connectivity index is 3.08. The smallest absolute Gasteiger partial charge is 0.207 e. The van der Waals surface area contributed by atoms with Crippen molar-refractivity contribution >= 4 is 10.0 Å². The summed E-state index contributed by atoms with van der Waals surface area (Å²) >= 11 is 0. The zero-order valence-corrected chi connectivity index (χ0v) is 11.8. The Hall–Kier alpha value is -1.82. The fraction of sp³-hybridized carbons (Fsp3) is 0.357. The minimum Gasteiger partial charge on any atom is -0.207 e. The average molecular weight is 276 g/mol. The SMILES string of the molecule is C#CC(CCC)NS(=O)(=O)c1ccc(C#N)cc1C. The Bertz CT molecular complexity index is 636. The van der Waals surface area contributed by atoms with Crippen molar-refractivity contribution in [1.82, 2.24) is 4.72 Å². The molecule has 0 aromatic heterocycles. The Labute approximate surface area is 114 Å². The van der Waals surface area contributed by atoms with Crippen LogP contribution in [0, 0.1) is 30.6 Å². The van der Waals surface area contributed by atoms with Crippen LogP contribution in [0.4, 0.5) is 0 Å². The number of rotatable bonds is 5. The second-order valence-corrected chi connectivity index (χ2v) is 5.90. The lowest BCUT2D eigenvalue weighted by Crippen LogP contribution is -2.34. The highest BCUT2D eigenvalue weighted by atomic mass is 32.2. The number of sulfonamides is 1. The molecule has 100 valence electrons. The van der Waals surface area contributed by atoms with Gasteiger partial charge in [0.2, 0.25) is 10.0 Å². The third-order valence-electron chi connectivity index (χ3n) is 2.67. The van der Waals surface area contributed by atoms with E-state index in [1.807, 2.05) is 13.0 Å². The first-order valence-corrected chi connectivity index (χ1v) is 7.42. The van der Waals surface area contributed by atoms with Crippen LogP contribution in [0.1, 0.15) is 30.9 Å². The molecule has 1 atom stereocenters. The van der Waals surface area contributed by atoms with Gasteiger partial charge in [0, 0.05) is 0 Å². The normalized spacial score (nSPS) is 12.4. The Kier molecular flexibility index (Phi) is 5.11. The van der Waals surface area contributed by atoms with E-state index in [0.717, 1.165) is 6.42 Å². The van der Waals surface area contributed by atoms with Crippen LogP contribution >= 0.6 is 0 Å². The molecule has 0 aliphatic rings. The van der Waals surface area contributed by atoms with Crippen molar-refractivity contribution in [3.05, 3.63) is 29.3 Å². The molecule has 0 amide bonds. The molecule has 0 fully saturated rings. The van der Waals surface area contributed by atoms with Gasteiger partial charge in [-0.3, -0.25) is 0 Å². The summed E-state index contributed by atoms with van der Waals surface area (Å²) in [6, 6.07) is 5.91. The van der Waals surface area contributed by atoms with Gasteiger partial charge >= 0.3 is 0 Å². The number of hydrogen-bond acceptors (Lipinski definition) is 3. The third-order valence-corrected chi connectivity index (χ3v) is 4.30. The number of nitrogens with one attached hydrogen (secondary N) is 1. The topological polar surface area (TPSA) is 70.0 Å². The zero-order valence-electron chi connectivity index (χ0n) is 11.0. The van der Waals surface area contributed by atoms with Gasteiger partial charge in [-0.25, -0.2) is 8.42 Å². The lowest BCUT2D eigenvalue weighted by molar-refractivity contribution is 0.564. The number of terminal acetylenes is 1. The van der Waals surface area contributed by atoms with Crippen LogP contribution in [0.2, 0.25) is 0 Å². The summed E-state index contributed by atoms with van der Waals surface area (Å²) in [6.07, 6.45) is 6.69. The van der Waals surface area contributed by atoms with Gasteiger partial charge in [-0.1, -0.05) is 19.3 Å². The molecule has 0 radical (unpaired) electrons. The van der Waals surface area contributed by atoms with Gasteiger partial charge in [-0.15, -0.1) is 6.42 Å². The predicted octanol–water partition coefficient (Wildman–Crippen LogP) is 1.95. The molecule has 1 N–H and O–H groups in total. The van der Waals surface area contributed by atoms with Crippen molar-refractivity contribution in [3.63, 3.8) is 0 Å². The molecule has 0 spiro atoms. The van der Waals surface area contributed by atoms with Crippen molar-refractivity contribution in [1.29, 1.82) is 5.26 Å². The molecule has 0 saturated heterocycles. The minimum atomic E-state index is -3.65. The van der Waals surface area contributed by atoms with Gasteiger partial charge in [-0.2, -0.15) is 9.98 Å². The van der Waals surface area contributed by atoms with Gasteiger partial charge in [0.05, 0.1) is 22.6 Å². The summed E-state index contributed by atoms with van der Waals surface area (Å²) in [5.41, 5.74) is 0.956. The van der Waals surface area contributed by atoms with Gasteiger partial charge in [0.15, 0.2) is 0 Å². The van der Waals surface area contributed by atoms with Gasteiger partial charge in [0.25, 0.3) is 0 Å². The van der Waals surface area contributed by atoms with Crippen LogP contribution in [-0.4, -0.2) is 14.5 Å². The summed E-state index contributed by atoms with van der Waals surface area (Å²) in [5, 5.41) is 8.77. The lowest BCUT2D eigenvalue weighted by atomic mass is 10.2. The molecule has 1 aromatic carbocycles. The molecule has 0 aliphatic heterocycles. The summed E-state index contributed by atoms with van der Waals surface area (Å²) in [7, 11) is -3.65. The Morgan fingerprint density at radius 3 is 2.63 bits per heavy atom. The molecule has 0 aliphatic carbocycles. The number of nitriles is 1. The van der Waals surface area contributed by atoms with Crippen LogP contribution in [0.25, 0.3) is 0 Å². The molecule has 0 bridgehead atoms. The molecule has 1 unspecified atom stereocenters.